The minimum Gasteiger partial charge on any atom is -0.493 e. The fourth-order valence-electron chi connectivity index (χ4n) is 2.89. The van der Waals surface area contributed by atoms with Gasteiger partial charge in [-0.3, -0.25) is 4.79 Å². The second kappa shape index (κ2) is 8.39. The maximum atomic E-state index is 12.5. The Hall–Kier alpha value is -3.93. The normalized spacial score (nSPS) is 11.1. The van der Waals surface area contributed by atoms with Gasteiger partial charge in [0.1, 0.15) is 12.9 Å². The number of methoxy groups -OCH3 is 1. The topological polar surface area (TPSA) is 65.7 Å². The molecule has 0 unspecified atom stereocenters. The number of hydrogen-bond donors (Lipinski definition) is 0. The Labute approximate surface area is 167 Å². The lowest BCUT2D eigenvalue weighted by Crippen LogP contribution is -2.16. The second-order valence-electron chi connectivity index (χ2n) is 6.34. The Morgan fingerprint density at radius 2 is 1.79 bits per heavy atom. The van der Waals surface area contributed by atoms with Crippen LogP contribution >= 0.6 is 0 Å². The zero-order chi connectivity index (χ0) is 20.1. The summed E-state index contributed by atoms with van der Waals surface area (Å²) < 4.78 is 12.5. The van der Waals surface area contributed by atoms with Crippen molar-refractivity contribution in [2.45, 2.75) is 6.61 Å². The summed E-state index contributed by atoms with van der Waals surface area (Å²) in [5, 5.41) is 4.77. The summed E-state index contributed by atoms with van der Waals surface area (Å²) in [5.74, 6) is 1.23. The van der Waals surface area contributed by atoms with Crippen molar-refractivity contribution in [1.29, 1.82) is 0 Å². The summed E-state index contributed by atoms with van der Waals surface area (Å²) in [7, 11) is 1.59. The van der Waals surface area contributed by atoms with Crippen molar-refractivity contribution in [3.63, 3.8) is 0 Å². The van der Waals surface area contributed by atoms with Crippen molar-refractivity contribution in [1.82, 2.24) is 9.66 Å². The number of ether oxygens (including phenoxy) is 2. The minimum absolute atomic E-state index is 0.221. The van der Waals surface area contributed by atoms with Gasteiger partial charge in [-0.25, -0.2) is 4.98 Å². The standard InChI is InChI=1S/C23H19N3O3/c1-28-22-13-18(11-12-21(22)29-15-17-7-3-2-4-8-17)14-25-26-16-24-20-10-6-5-9-19(20)23(26)27/h2-14,16H,15H2,1H3/b25-14+. The summed E-state index contributed by atoms with van der Waals surface area (Å²) in [6.45, 7) is 0.447. The third-order valence-corrected chi connectivity index (χ3v) is 4.40. The molecule has 0 aliphatic heterocycles. The van der Waals surface area contributed by atoms with Crippen molar-refractivity contribution in [3.05, 3.63) is 101 Å². The second-order valence-corrected chi connectivity index (χ2v) is 6.34. The third-order valence-electron chi connectivity index (χ3n) is 4.40. The minimum atomic E-state index is -0.221. The lowest BCUT2D eigenvalue weighted by Gasteiger charge is -2.11. The van der Waals surface area contributed by atoms with Gasteiger partial charge in [-0.05, 0) is 41.5 Å². The molecule has 6 heteroatoms. The number of rotatable bonds is 6. The lowest BCUT2D eigenvalue weighted by atomic mass is 10.2. The Bertz CT molecular complexity index is 1220. The highest BCUT2D eigenvalue weighted by atomic mass is 16.5. The van der Waals surface area contributed by atoms with E-state index < -0.39 is 0 Å². The van der Waals surface area contributed by atoms with E-state index in [4.69, 9.17) is 9.47 Å². The fourth-order valence-corrected chi connectivity index (χ4v) is 2.89. The fraction of sp³-hybridized carbons (Fsp3) is 0.0870. The zero-order valence-corrected chi connectivity index (χ0v) is 15.9. The van der Waals surface area contributed by atoms with Crippen LogP contribution in [0.3, 0.4) is 0 Å². The number of nitrogens with zero attached hydrogens (tertiary/aromatic N) is 3. The molecular weight excluding hydrogens is 366 g/mol. The highest BCUT2D eigenvalue weighted by Crippen LogP contribution is 2.28. The summed E-state index contributed by atoms with van der Waals surface area (Å²) in [6.07, 6.45) is 3.00. The van der Waals surface area contributed by atoms with Crippen LogP contribution in [0.1, 0.15) is 11.1 Å². The number of hydrogen-bond acceptors (Lipinski definition) is 5. The highest BCUT2D eigenvalue weighted by Gasteiger charge is 2.06. The van der Waals surface area contributed by atoms with Crippen LogP contribution in [0.4, 0.5) is 0 Å². The van der Waals surface area contributed by atoms with Crippen molar-refractivity contribution in [3.8, 4) is 11.5 Å². The van der Waals surface area contributed by atoms with Gasteiger partial charge < -0.3 is 9.47 Å². The first-order chi connectivity index (χ1) is 14.2. The molecular formula is C23H19N3O3. The van der Waals surface area contributed by atoms with Crippen LogP contribution in [0.25, 0.3) is 10.9 Å². The number of aromatic nitrogens is 2. The molecule has 0 atom stereocenters. The van der Waals surface area contributed by atoms with Gasteiger partial charge in [-0.15, -0.1) is 0 Å². The number of benzene rings is 3. The van der Waals surface area contributed by atoms with Gasteiger partial charge >= 0.3 is 0 Å². The molecule has 0 spiro atoms. The van der Waals surface area contributed by atoms with Gasteiger partial charge in [0.25, 0.3) is 5.56 Å². The van der Waals surface area contributed by atoms with Crippen molar-refractivity contribution in [2.24, 2.45) is 5.10 Å². The van der Waals surface area contributed by atoms with Crippen LogP contribution in [0, 0.1) is 0 Å². The van der Waals surface area contributed by atoms with Gasteiger partial charge in [0.2, 0.25) is 0 Å². The molecule has 0 saturated heterocycles. The van der Waals surface area contributed by atoms with Crippen LogP contribution in [0.2, 0.25) is 0 Å². The maximum Gasteiger partial charge on any atom is 0.281 e. The Morgan fingerprint density at radius 1 is 1.00 bits per heavy atom. The molecule has 0 fully saturated rings. The molecule has 3 aromatic carbocycles. The molecule has 1 heterocycles. The molecule has 0 radical (unpaired) electrons. The average Bonchev–Trinajstić information content (AvgIpc) is 2.78. The molecule has 0 aliphatic carbocycles. The molecule has 4 rings (SSSR count). The number of fused-ring (bicyclic) bond motifs is 1. The van der Waals surface area contributed by atoms with Gasteiger partial charge in [0.05, 0.1) is 24.2 Å². The van der Waals surface area contributed by atoms with Crippen LogP contribution in [-0.2, 0) is 6.61 Å². The van der Waals surface area contributed by atoms with E-state index in [1.54, 1.807) is 31.5 Å². The molecule has 0 N–H and O–H groups in total. The first-order valence-electron chi connectivity index (χ1n) is 9.10. The molecule has 1 aromatic heterocycles. The van der Waals surface area contributed by atoms with Gasteiger partial charge in [-0.2, -0.15) is 9.78 Å². The van der Waals surface area contributed by atoms with E-state index >= 15 is 0 Å². The van der Waals surface area contributed by atoms with E-state index in [1.165, 1.54) is 11.0 Å². The Morgan fingerprint density at radius 3 is 2.62 bits per heavy atom. The largest absolute Gasteiger partial charge is 0.493 e. The molecule has 0 amide bonds. The van der Waals surface area contributed by atoms with E-state index in [9.17, 15) is 4.79 Å². The third kappa shape index (κ3) is 4.16. The summed E-state index contributed by atoms with van der Waals surface area (Å²) in [6, 6.07) is 22.6. The summed E-state index contributed by atoms with van der Waals surface area (Å²) in [5.41, 5.74) is 2.27. The van der Waals surface area contributed by atoms with Crippen LogP contribution in [0.15, 0.2) is 89.0 Å². The van der Waals surface area contributed by atoms with Gasteiger partial charge in [-0.1, -0.05) is 42.5 Å². The molecule has 0 saturated carbocycles. The molecule has 29 heavy (non-hydrogen) atoms. The van der Waals surface area contributed by atoms with Crippen molar-refractivity contribution < 1.29 is 9.47 Å². The Balaban J connectivity index is 1.55. The summed E-state index contributed by atoms with van der Waals surface area (Å²) in [4.78, 5) is 16.8. The molecule has 144 valence electrons. The Kier molecular flexibility index (Phi) is 5.33. The van der Waals surface area contributed by atoms with E-state index in [2.05, 4.69) is 10.1 Å². The average molecular weight is 385 g/mol. The maximum absolute atomic E-state index is 12.5. The van der Waals surface area contributed by atoms with Crippen molar-refractivity contribution >= 4 is 17.1 Å². The van der Waals surface area contributed by atoms with Gasteiger partial charge in [0, 0.05) is 0 Å². The molecule has 4 aromatic rings. The zero-order valence-electron chi connectivity index (χ0n) is 15.9. The first kappa shape index (κ1) is 18.4. The van der Waals surface area contributed by atoms with E-state index in [0.717, 1.165) is 11.1 Å². The highest BCUT2D eigenvalue weighted by molar-refractivity contribution is 5.81. The van der Waals surface area contributed by atoms with E-state index in [-0.39, 0.29) is 5.56 Å². The van der Waals surface area contributed by atoms with Crippen LogP contribution in [-0.4, -0.2) is 23.0 Å². The van der Waals surface area contributed by atoms with Gasteiger partial charge in [0.15, 0.2) is 11.5 Å². The molecule has 0 aliphatic rings. The number of para-hydroxylation sites is 1. The lowest BCUT2D eigenvalue weighted by molar-refractivity contribution is 0.284. The monoisotopic (exact) mass is 385 g/mol. The quantitative estimate of drug-likeness (QED) is 0.473. The molecule has 0 bridgehead atoms. The SMILES string of the molecule is COc1cc(/C=N/n2cnc3ccccc3c2=O)ccc1OCc1ccccc1. The smallest absolute Gasteiger partial charge is 0.281 e. The van der Waals surface area contributed by atoms with Crippen molar-refractivity contribution in [2.75, 3.05) is 7.11 Å². The summed E-state index contributed by atoms with van der Waals surface area (Å²) >= 11 is 0. The first-order valence-corrected chi connectivity index (χ1v) is 9.10. The predicted octanol–water partition coefficient (Wildman–Crippen LogP) is 3.87. The van der Waals surface area contributed by atoms with Crippen LogP contribution in [0.5, 0.6) is 11.5 Å². The van der Waals surface area contributed by atoms with Crippen LogP contribution < -0.4 is 15.0 Å². The molecule has 6 nitrogen and oxygen atoms in total. The van der Waals surface area contributed by atoms with E-state index in [0.29, 0.717) is 29.0 Å². The van der Waals surface area contributed by atoms with E-state index in [1.807, 2.05) is 54.6 Å². The predicted molar refractivity (Wildman–Crippen MR) is 113 cm³/mol.